The van der Waals surface area contributed by atoms with Crippen LogP contribution in [0.3, 0.4) is 0 Å². The van der Waals surface area contributed by atoms with Gasteiger partial charge in [-0.3, -0.25) is 9.59 Å². The SMILES string of the molecule is CC(=O)N(CC(=O)Nc1ccccc1F)c1c(C)cc(C)cc1Cl. The molecule has 0 aliphatic rings. The van der Waals surface area contributed by atoms with Gasteiger partial charge in [-0.2, -0.15) is 0 Å². The first-order chi connectivity index (χ1) is 11.3. The smallest absolute Gasteiger partial charge is 0.244 e. The van der Waals surface area contributed by atoms with Crippen LogP contribution >= 0.6 is 11.6 Å². The fourth-order valence-corrected chi connectivity index (χ4v) is 2.92. The molecule has 2 rings (SSSR count). The zero-order valence-corrected chi connectivity index (χ0v) is 14.4. The largest absolute Gasteiger partial charge is 0.322 e. The molecule has 0 heterocycles. The molecular formula is C18H18ClFN2O2. The number of halogens is 2. The van der Waals surface area contributed by atoms with Crippen molar-refractivity contribution in [1.82, 2.24) is 0 Å². The first-order valence-corrected chi connectivity index (χ1v) is 7.76. The van der Waals surface area contributed by atoms with Gasteiger partial charge in [0, 0.05) is 6.92 Å². The lowest BCUT2D eigenvalue weighted by molar-refractivity contribution is -0.120. The number of benzene rings is 2. The number of aryl methyl sites for hydroxylation is 2. The number of hydrogen-bond donors (Lipinski definition) is 1. The standard InChI is InChI=1S/C18H18ClFN2O2/c1-11-8-12(2)18(14(19)9-11)22(13(3)23)10-17(24)21-16-7-5-4-6-15(16)20/h4-9H,10H2,1-3H3,(H,21,24). The maximum Gasteiger partial charge on any atom is 0.244 e. The number of carbonyl (C=O) groups excluding carboxylic acids is 2. The zero-order chi connectivity index (χ0) is 17.9. The quantitative estimate of drug-likeness (QED) is 0.904. The molecule has 0 spiro atoms. The molecule has 0 fully saturated rings. The highest BCUT2D eigenvalue weighted by molar-refractivity contribution is 6.34. The van der Waals surface area contributed by atoms with Crippen LogP contribution in [0.4, 0.5) is 15.8 Å². The van der Waals surface area contributed by atoms with Crippen LogP contribution in [0.15, 0.2) is 36.4 Å². The summed E-state index contributed by atoms with van der Waals surface area (Å²) in [5.74, 6) is -1.37. The molecule has 0 aromatic heterocycles. The average molecular weight is 349 g/mol. The van der Waals surface area contributed by atoms with E-state index < -0.39 is 11.7 Å². The summed E-state index contributed by atoms with van der Waals surface area (Å²) in [6, 6.07) is 9.46. The van der Waals surface area contributed by atoms with Crippen molar-refractivity contribution in [2.24, 2.45) is 0 Å². The summed E-state index contributed by atoms with van der Waals surface area (Å²) in [6.07, 6.45) is 0. The van der Waals surface area contributed by atoms with E-state index in [1.54, 1.807) is 12.1 Å². The fourth-order valence-electron chi connectivity index (χ4n) is 2.49. The van der Waals surface area contributed by atoms with Crippen molar-refractivity contribution >= 4 is 34.8 Å². The molecule has 2 amide bonds. The molecular weight excluding hydrogens is 331 g/mol. The van der Waals surface area contributed by atoms with Crippen LogP contribution < -0.4 is 10.2 Å². The normalized spacial score (nSPS) is 10.4. The monoisotopic (exact) mass is 348 g/mol. The van der Waals surface area contributed by atoms with Gasteiger partial charge in [-0.1, -0.05) is 29.8 Å². The molecule has 6 heteroatoms. The summed E-state index contributed by atoms with van der Waals surface area (Å²) in [5, 5.41) is 2.85. The second kappa shape index (κ2) is 7.45. The number of nitrogens with one attached hydrogen (secondary N) is 1. The number of amides is 2. The van der Waals surface area contributed by atoms with Crippen molar-refractivity contribution < 1.29 is 14.0 Å². The third-order valence-electron chi connectivity index (χ3n) is 3.50. The summed E-state index contributed by atoms with van der Waals surface area (Å²) in [4.78, 5) is 25.5. The Morgan fingerprint density at radius 3 is 2.46 bits per heavy atom. The average Bonchev–Trinajstić information content (AvgIpc) is 2.47. The number of carbonyl (C=O) groups is 2. The Hall–Kier alpha value is -2.40. The minimum atomic E-state index is -0.537. The topological polar surface area (TPSA) is 49.4 Å². The third kappa shape index (κ3) is 4.11. The summed E-state index contributed by atoms with van der Waals surface area (Å²) < 4.78 is 13.6. The second-order valence-electron chi connectivity index (χ2n) is 5.55. The molecule has 0 bridgehead atoms. The van der Waals surface area contributed by atoms with Crippen molar-refractivity contribution in [2.45, 2.75) is 20.8 Å². The van der Waals surface area contributed by atoms with Crippen LogP contribution in [-0.2, 0) is 9.59 Å². The van der Waals surface area contributed by atoms with Crippen LogP contribution in [0.5, 0.6) is 0 Å². The van der Waals surface area contributed by atoms with Gasteiger partial charge >= 0.3 is 0 Å². The van der Waals surface area contributed by atoms with E-state index in [4.69, 9.17) is 11.6 Å². The number of hydrogen-bond acceptors (Lipinski definition) is 2. The van der Waals surface area contributed by atoms with E-state index in [-0.39, 0.29) is 18.1 Å². The molecule has 2 aromatic rings. The Labute approximate surface area is 145 Å². The molecule has 0 saturated heterocycles. The maximum absolute atomic E-state index is 13.6. The van der Waals surface area contributed by atoms with Gasteiger partial charge in [-0.25, -0.2) is 4.39 Å². The second-order valence-corrected chi connectivity index (χ2v) is 5.95. The lowest BCUT2D eigenvalue weighted by Gasteiger charge is -2.24. The molecule has 0 aliphatic carbocycles. The van der Waals surface area contributed by atoms with Crippen molar-refractivity contribution in [3.8, 4) is 0 Å². The summed E-state index contributed by atoms with van der Waals surface area (Å²) in [7, 11) is 0. The number of para-hydroxylation sites is 1. The van der Waals surface area contributed by atoms with Crippen molar-refractivity contribution in [3.05, 3.63) is 58.4 Å². The van der Waals surface area contributed by atoms with Crippen LogP contribution in [-0.4, -0.2) is 18.4 Å². The van der Waals surface area contributed by atoms with E-state index in [1.165, 1.54) is 30.0 Å². The Morgan fingerprint density at radius 2 is 1.88 bits per heavy atom. The molecule has 24 heavy (non-hydrogen) atoms. The number of rotatable bonds is 4. The minimum Gasteiger partial charge on any atom is -0.322 e. The first-order valence-electron chi connectivity index (χ1n) is 7.39. The van der Waals surface area contributed by atoms with E-state index in [0.717, 1.165) is 11.1 Å². The number of anilines is 2. The summed E-state index contributed by atoms with van der Waals surface area (Å²) >= 11 is 6.26. The van der Waals surface area contributed by atoms with Gasteiger partial charge in [0.25, 0.3) is 0 Å². The molecule has 1 N–H and O–H groups in total. The van der Waals surface area contributed by atoms with Gasteiger partial charge in [0.05, 0.1) is 16.4 Å². The van der Waals surface area contributed by atoms with Gasteiger partial charge < -0.3 is 10.2 Å². The molecule has 126 valence electrons. The van der Waals surface area contributed by atoms with E-state index in [2.05, 4.69) is 5.32 Å². The van der Waals surface area contributed by atoms with E-state index in [1.807, 2.05) is 19.9 Å². The highest BCUT2D eigenvalue weighted by atomic mass is 35.5. The van der Waals surface area contributed by atoms with E-state index in [0.29, 0.717) is 10.7 Å². The molecule has 0 saturated carbocycles. The predicted octanol–water partition coefficient (Wildman–Crippen LogP) is 4.09. The molecule has 2 aromatic carbocycles. The van der Waals surface area contributed by atoms with Crippen LogP contribution in [0.25, 0.3) is 0 Å². The lowest BCUT2D eigenvalue weighted by atomic mass is 10.1. The Kier molecular flexibility index (Phi) is 5.57. The van der Waals surface area contributed by atoms with Gasteiger partial charge in [-0.15, -0.1) is 0 Å². The highest BCUT2D eigenvalue weighted by Crippen LogP contribution is 2.31. The van der Waals surface area contributed by atoms with Gasteiger partial charge in [0.1, 0.15) is 12.4 Å². The Bertz CT molecular complexity index is 769. The molecule has 0 radical (unpaired) electrons. The Balaban J connectivity index is 2.25. The molecule has 0 atom stereocenters. The summed E-state index contributed by atoms with van der Waals surface area (Å²) in [6.45, 7) is 4.81. The van der Waals surface area contributed by atoms with E-state index in [9.17, 15) is 14.0 Å². The van der Waals surface area contributed by atoms with Gasteiger partial charge in [0.2, 0.25) is 11.8 Å². The molecule has 0 unspecified atom stereocenters. The maximum atomic E-state index is 13.6. The third-order valence-corrected chi connectivity index (χ3v) is 3.79. The van der Waals surface area contributed by atoms with Crippen molar-refractivity contribution in [1.29, 1.82) is 0 Å². The zero-order valence-electron chi connectivity index (χ0n) is 13.7. The van der Waals surface area contributed by atoms with Gasteiger partial charge in [-0.05, 0) is 43.2 Å². The lowest BCUT2D eigenvalue weighted by Crippen LogP contribution is -2.37. The minimum absolute atomic E-state index is 0.0673. The van der Waals surface area contributed by atoms with Crippen LogP contribution in [0, 0.1) is 19.7 Å². The highest BCUT2D eigenvalue weighted by Gasteiger charge is 2.21. The first kappa shape index (κ1) is 17.9. The van der Waals surface area contributed by atoms with Crippen LogP contribution in [0.2, 0.25) is 5.02 Å². The van der Waals surface area contributed by atoms with Crippen molar-refractivity contribution in [2.75, 3.05) is 16.8 Å². The number of nitrogens with zero attached hydrogens (tertiary/aromatic N) is 1. The Morgan fingerprint density at radius 1 is 1.21 bits per heavy atom. The summed E-state index contributed by atoms with van der Waals surface area (Å²) in [5.41, 5.74) is 2.30. The van der Waals surface area contributed by atoms with E-state index >= 15 is 0 Å². The van der Waals surface area contributed by atoms with Crippen LogP contribution in [0.1, 0.15) is 18.1 Å². The van der Waals surface area contributed by atoms with Crippen molar-refractivity contribution in [3.63, 3.8) is 0 Å². The predicted molar refractivity (Wildman–Crippen MR) is 94.0 cm³/mol. The van der Waals surface area contributed by atoms with Gasteiger partial charge in [0.15, 0.2) is 0 Å². The molecule has 4 nitrogen and oxygen atoms in total. The fraction of sp³-hybridized carbons (Fsp3) is 0.222. The molecule has 0 aliphatic heterocycles.